The Morgan fingerprint density at radius 2 is 2.00 bits per heavy atom. The highest BCUT2D eigenvalue weighted by Gasteiger charge is 2.24. The summed E-state index contributed by atoms with van der Waals surface area (Å²) in [6.07, 6.45) is 0.826. The molecule has 0 radical (unpaired) electrons. The van der Waals surface area contributed by atoms with Crippen LogP contribution in [-0.4, -0.2) is 34.5 Å². The first-order chi connectivity index (χ1) is 11.8. The molecular weight excluding hydrogens is 365 g/mol. The second-order valence-electron chi connectivity index (χ2n) is 5.90. The lowest BCUT2D eigenvalue weighted by molar-refractivity contribution is -0.117. The number of carbonyl (C=O) groups excluding carboxylic acids is 1. The smallest absolute Gasteiger partial charge is 0.247 e. The van der Waals surface area contributed by atoms with E-state index in [9.17, 15) is 17.6 Å². The molecule has 1 amide bonds. The topological polar surface area (TPSA) is 83.7 Å². The third kappa shape index (κ3) is 3.83. The maximum absolute atomic E-state index is 13.6. The Morgan fingerprint density at radius 1 is 1.24 bits per heavy atom. The van der Waals surface area contributed by atoms with Gasteiger partial charge < -0.3 is 9.80 Å². The predicted octanol–water partition coefficient (Wildman–Crippen LogP) is 1.95. The number of rotatable bonds is 3. The largest absolute Gasteiger partial charge is 0.373 e. The normalized spacial score (nSPS) is 15.0. The third-order valence-corrected chi connectivity index (χ3v) is 6.58. The van der Waals surface area contributed by atoms with Crippen molar-refractivity contribution in [2.45, 2.75) is 17.1 Å². The average Bonchev–Trinajstić information content (AvgIpc) is 2.94. The minimum Gasteiger partial charge on any atom is -0.373 e. The Kier molecular flexibility index (Phi) is 4.81. The standard InChI is InChI=1S/C16H18FN3O3S2/c1-19-7-2-8-20(13-5-3-11(17)9-14(13)19)15(21)10-12-4-6-16(24-12)25(18,22)23/h3-6,9H,2,7-8,10H2,1H3,(H2,18,22,23). The van der Waals surface area contributed by atoms with Crippen LogP contribution in [-0.2, 0) is 21.2 Å². The summed E-state index contributed by atoms with van der Waals surface area (Å²) in [5, 5.41) is 5.10. The Balaban J connectivity index is 1.87. The van der Waals surface area contributed by atoms with Crippen LogP contribution in [0, 0.1) is 5.82 Å². The van der Waals surface area contributed by atoms with Crippen molar-refractivity contribution in [2.24, 2.45) is 5.14 Å². The number of nitrogens with two attached hydrogens (primary N) is 1. The number of thiophene rings is 1. The number of fused-ring (bicyclic) bond motifs is 1. The van der Waals surface area contributed by atoms with Crippen LogP contribution in [0.2, 0.25) is 0 Å². The number of hydrogen-bond acceptors (Lipinski definition) is 5. The molecule has 0 unspecified atom stereocenters. The van der Waals surface area contributed by atoms with Crippen molar-refractivity contribution in [2.75, 3.05) is 29.9 Å². The van der Waals surface area contributed by atoms with Gasteiger partial charge in [0.15, 0.2) is 0 Å². The van der Waals surface area contributed by atoms with Crippen LogP contribution < -0.4 is 14.9 Å². The maximum atomic E-state index is 13.6. The van der Waals surface area contributed by atoms with E-state index < -0.39 is 10.0 Å². The molecule has 3 rings (SSSR count). The lowest BCUT2D eigenvalue weighted by Crippen LogP contribution is -2.32. The number of nitrogens with zero attached hydrogens (tertiary/aromatic N) is 2. The fourth-order valence-electron chi connectivity index (χ4n) is 2.85. The van der Waals surface area contributed by atoms with Crippen molar-refractivity contribution in [3.8, 4) is 0 Å². The third-order valence-electron chi connectivity index (χ3n) is 4.06. The van der Waals surface area contributed by atoms with E-state index in [1.807, 2.05) is 11.9 Å². The van der Waals surface area contributed by atoms with Crippen molar-refractivity contribution in [1.82, 2.24) is 0 Å². The molecule has 1 aliphatic heterocycles. The second-order valence-corrected chi connectivity index (χ2v) is 8.85. The molecule has 0 spiro atoms. The number of hydrogen-bond donors (Lipinski definition) is 1. The lowest BCUT2D eigenvalue weighted by Gasteiger charge is -2.24. The van der Waals surface area contributed by atoms with Gasteiger partial charge in [-0.2, -0.15) is 0 Å². The second kappa shape index (κ2) is 6.74. The molecule has 25 heavy (non-hydrogen) atoms. The molecule has 0 saturated heterocycles. The number of anilines is 2. The summed E-state index contributed by atoms with van der Waals surface area (Å²) in [5.41, 5.74) is 1.33. The number of amides is 1. The first-order valence-corrected chi connectivity index (χ1v) is 10.0. The highest BCUT2D eigenvalue weighted by molar-refractivity contribution is 7.91. The summed E-state index contributed by atoms with van der Waals surface area (Å²) in [5.74, 6) is -0.512. The zero-order valence-corrected chi connectivity index (χ0v) is 15.2. The summed E-state index contributed by atoms with van der Waals surface area (Å²) in [4.78, 5) is 17.0. The van der Waals surface area contributed by atoms with Gasteiger partial charge in [0.05, 0.1) is 17.8 Å². The minimum absolute atomic E-state index is 0.0355. The first-order valence-electron chi connectivity index (χ1n) is 7.68. The van der Waals surface area contributed by atoms with Crippen molar-refractivity contribution in [3.05, 3.63) is 41.0 Å². The molecule has 0 fully saturated rings. The monoisotopic (exact) mass is 383 g/mol. The molecule has 0 saturated carbocycles. The van der Waals surface area contributed by atoms with E-state index in [-0.39, 0.29) is 22.4 Å². The van der Waals surface area contributed by atoms with Crippen molar-refractivity contribution in [1.29, 1.82) is 0 Å². The quantitative estimate of drug-likeness (QED) is 0.878. The van der Waals surface area contributed by atoms with Gasteiger partial charge in [-0.1, -0.05) is 0 Å². The van der Waals surface area contributed by atoms with E-state index in [0.29, 0.717) is 22.8 Å². The van der Waals surface area contributed by atoms with E-state index in [2.05, 4.69) is 0 Å². The molecule has 9 heteroatoms. The Bertz CT molecular complexity index is 911. The average molecular weight is 383 g/mol. The van der Waals surface area contributed by atoms with E-state index >= 15 is 0 Å². The molecule has 134 valence electrons. The van der Waals surface area contributed by atoms with Gasteiger partial charge >= 0.3 is 0 Å². The van der Waals surface area contributed by atoms with Gasteiger partial charge in [-0.3, -0.25) is 4.79 Å². The molecular formula is C16H18FN3O3S2. The van der Waals surface area contributed by atoms with Gasteiger partial charge in [0.2, 0.25) is 15.9 Å². The zero-order valence-electron chi connectivity index (χ0n) is 13.6. The maximum Gasteiger partial charge on any atom is 0.247 e. The molecule has 2 N–H and O–H groups in total. The van der Waals surface area contributed by atoms with E-state index in [0.717, 1.165) is 24.3 Å². The van der Waals surface area contributed by atoms with Crippen LogP contribution in [0.3, 0.4) is 0 Å². The molecule has 1 aliphatic rings. The molecule has 1 aromatic heterocycles. The summed E-state index contributed by atoms with van der Waals surface area (Å²) in [7, 11) is -1.90. The summed E-state index contributed by atoms with van der Waals surface area (Å²) in [6.45, 7) is 1.24. The van der Waals surface area contributed by atoms with Crippen molar-refractivity contribution in [3.63, 3.8) is 0 Å². The SMILES string of the molecule is CN1CCCN(C(=O)Cc2ccc(S(N)(=O)=O)s2)c2ccc(F)cc21. The number of primary sulfonamides is 1. The van der Waals surface area contributed by atoms with Crippen LogP contribution in [0.4, 0.5) is 15.8 Å². The van der Waals surface area contributed by atoms with E-state index in [4.69, 9.17) is 5.14 Å². The Hall–Kier alpha value is -1.97. The van der Waals surface area contributed by atoms with Gasteiger partial charge in [-0.15, -0.1) is 11.3 Å². The van der Waals surface area contributed by atoms with Gasteiger partial charge in [0.1, 0.15) is 10.0 Å². The van der Waals surface area contributed by atoms with Gasteiger partial charge in [-0.25, -0.2) is 17.9 Å². The summed E-state index contributed by atoms with van der Waals surface area (Å²) < 4.78 is 36.4. The molecule has 2 aromatic rings. The summed E-state index contributed by atoms with van der Waals surface area (Å²) in [6, 6.07) is 7.36. The molecule has 2 heterocycles. The Labute approximate surface area is 149 Å². The van der Waals surface area contributed by atoms with Crippen LogP contribution in [0.1, 0.15) is 11.3 Å². The van der Waals surface area contributed by atoms with Crippen LogP contribution in [0.25, 0.3) is 0 Å². The van der Waals surface area contributed by atoms with Crippen LogP contribution in [0.5, 0.6) is 0 Å². The van der Waals surface area contributed by atoms with Gasteiger partial charge in [0, 0.05) is 25.0 Å². The van der Waals surface area contributed by atoms with Gasteiger partial charge in [-0.05, 0) is 36.8 Å². The number of halogens is 1. The summed E-state index contributed by atoms with van der Waals surface area (Å²) >= 11 is 0.991. The lowest BCUT2D eigenvalue weighted by atomic mass is 10.2. The fraction of sp³-hybridized carbons (Fsp3) is 0.312. The fourth-order valence-corrected chi connectivity index (χ4v) is 4.62. The van der Waals surface area contributed by atoms with Crippen LogP contribution >= 0.6 is 11.3 Å². The van der Waals surface area contributed by atoms with Gasteiger partial charge in [0.25, 0.3) is 0 Å². The van der Waals surface area contributed by atoms with E-state index in [1.54, 1.807) is 17.0 Å². The highest BCUT2D eigenvalue weighted by Crippen LogP contribution is 2.33. The number of benzene rings is 1. The Morgan fingerprint density at radius 3 is 2.68 bits per heavy atom. The number of carbonyl (C=O) groups is 1. The van der Waals surface area contributed by atoms with E-state index in [1.165, 1.54) is 18.2 Å². The predicted molar refractivity (Wildman–Crippen MR) is 96.0 cm³/mol. The van der Waals surface area contributed by atoms with Crippen molar-refractivity contribution < 1.29 is 17.6 Å². The molecule has 0 atom stereocenters. The first kappa shape index (κ1) is 17.8. The molecule has 1 aromatic carbocycles. The van der Waals surface area contributed by atoms with Crippen LogP contribution in [0.15, 0.2) is 34.5 Å². The molecule has 0 aliphatic carbocycles. The highest BCUT2D eigenvalue weighted by atomic mass is 32.2. The minimum atomic E-state index is -3.76. The zero-order chi connectivity index (χ0) is 18.2. The molecule has 0 bridgehead atoms. The molecule has 6 nitrogen and oxygen atoms in total. The number of sulfonamides is 1. The van der Waals surface area contributed by atoms with Crippen molar-refractivity contribution >= 4 is 38.6 Å².